The van der Waals surface area contributed by atoms with Crippen LogP contribution >= 0.6 is 0 Å². The number of carbonyl (C=O) groups excluding carboxylic acids is 1. The zero-order chi connectivity index (χ0) is 13.2. The second-order valence-corrected chi connectivity index (χ2v) is 5.56. The third-order valence-electron chi connectivity index (χ3n) is 3.94. The van der Waals surface area contributed by atoms with Crippen molar-refractivity contribution in [2.45, 2.75) is 46.5 Å². The van der Waals surface area contributed by atoms with Gasteiger partial charge in [0.05, 0.1) is 0 Å². The van der Waals surface area contributed by atoms with E-state index in [0.29, 0.717) is 11.3 Å². The summed E-state index contributed by atoms with van der Waals surface area (Å²) < 4.78 is 0. The number of carbonyl (C=O) groups is 1. The standard InChI is InChI=1S/C13H22N4O/c1-4-5-10-15-11(17-16-10)12(18)14-8-13(6-7-13)9(2)3/h9H,4-8H2,1-3H3,(H,14,18)(H,15,16,17). The molecule has 100 valence electrons. The number of nitrogens with zero attached hydrogens (tertiary/aromatic N) is 2. The number of aromatic nitrogens is 3. The Hall–Kier alpha value is -1.39. The predicted molar refractivity (Wildman–Crippen MR) is 69.2 cm³/mol. The number of aromatic amines is 1. The Labute approximate surface area is 108 Å². The molecule has 0 aromatic carbocycles. The molecule has 1 aliphatic carbocycles. The molecule has 0 atom stereocenters. The largest absolute Gasteiger partial charge is 0.349 e. The summed E-state index contributed by atoms with van der Waals surface area (Å²) in [6.45, 7) is 7.24. The number of hydrogen-bond donors (Lipinski definition) is 2. The van der Waals surface area contributed by atoms with Gasteiger partial charge in [-0.25, -0.2) is 4.98 Å². The van der Waals surface area contributed by atoms with E-state index in [0.717, 1.165) is 25.2 Å². The molecule has 5 heteroatoms. The van der Waals surface area contributed by atoms with Crippen molar-refractivity contribution in [3.05, 3.63) is 11.6 Å². The van der Waals surface area contributed by atoms with E-state index in [1.807, 2.05) is 0 Å². The summed E-state index contributed by atoms with van der Waals surface area (Å²) in [5, 5.41) is 9.71. The van der Waals surface area contributed by atoms with Gasteiger partial charge in [-0.05, 0) is 30.6 Å². The smallest absolute Gasteiger partial charge is 0.290 e. The van der Waals surface area contributed by atoms with Crippen molar-refractivity contribution in [3.63, 3.8) is 0 Å². The van der Waals surface area contributed by atoms with Crippen molar-refractivity contribution >= 4 is 5.91 Å². The topological polar surface area (TPSA) is 70.7 Å². The van der Waals surface area contributed by atoms with Gasteiger partial charge in [-0.2, -0.15) is 0 Å². The highest BCUT2D eigenvalue weighted by Crippen LogP contribution is 2.51. The van der Waals surface area contributed by atoms with E-state index < -0.39 is 0 Å². The van der Waals surface area contributed by atoms with E-state index in [9.17, 15) is 4.79 Å². The highest BCUT2D eigenvalue weighted by molar-refractivity contribution is 5.90. The number of nitrogens with one attached hydrogen (secondary N) is 2. The molecule has 1 aliphatic rings. The molecule has 0 spiro atoms. The van der Waals surface area contributed by atoms with Crippen LogP contribution in [-0.2, 0) is 6.42 Å². The summed E-state index contributed by atoms with van der Waals surface area (Å²) in [4.78, 5) is 16.1. The summed E-state index contributed by atoms with van der Waals surface area (Å²) in [5.41, 5.74) is 0.318. The van der Waals surface area contributed by atoms with Crippen molar-refractivity contribution in [1.29, 1.82) is 0 Å². The van der Waals surface area contributed by atoms with Gasteiger partial charge in [0.2, 0.25) is 5.82 Å². The summed E-state index contributed by atoms with van der Waals surface area (Å²) >= 11 is 0. The molecule has 0 radical (unpaired) electrons. The molecule has 1 amide bonds. The van der Waals surface area contributed by atoms with Gasteiger partial charge >= 0.3 is 0 Å². The van der Waals surface area contributed by atoms with Crippen LogP contribution < -0.4 is 5.32 Å². The van der Waals surface area contributed by atoms with Crippen molar-refractivity contribution in [2.24, 2.45) is 11.3 Å². The second kappa shape index (κ2) is 5.08. The first-order valence-electron chi connectivity index (χ1n) is 6.77. The molecular weight excluding hydrogens is 228 g/mol. The molecule has 1 fully saturated rings. The molecule has 1 saturated carbocycles. The van der Waals surface area contributed by atoms with Gasteiger partial charge in [-0.1, -0.05) is 20.8 Å². The minimum absolute atomic E-state index is 0.166. The lowest BCUT2D eigenvalue weighted by Crippen LogP contribution is -2.33. The van der Waals surface area contributed by atoms with Gasteiger partial charge < -0.3 is 5.32 Å². The van der Waals surface area contributed by atoms with Crippen LogP contribution in [0.1, 0.15) is 56.5 Å². The normalized spacial score (nSPS) is 16.9. The number of hydrogen-bond acceptors (Lipinski definition) is 3. The second-order valence-electron chi connectivity index (χ2n) is 5.56. The van der Waals surface area contributed by atoms with Gasteiger partial charge in [-0.3, -0.25) is 9.89 Å². The van der Waals surface area contributed by atoms with E-state index in [4.69, 9.17) is 0 Å². The highest BCUT2D eigenvalue weighted by Gasteiger charge is 2.45. The third-order valence-corrected chi connectivity index (χ3v) is 3.94. The minimum atomic E-state index is -0.166. The number of rotatable bonds is 6. The molecule has 1 heterocycles. The van der Waals surface area contributed by atoms with Gasteiger partial charge in [0.25, 0.3) is 5.91 Å². The molecule has 2 rings (SSSR count). The van der Waals surface area contributed by atoms with Crippen LogP contribution in [-0.4, -0.2) is 27.6 Å². The lowest BCUT2D eigenvalue weighted by atomic mass is 9.92. The van der Waals surface area contributed by atoms with Crippen LogP contribution in [0.5, 0.6) is 0 Å². The fourth-order valence-corrected chi connectivity index (χ4v) is 2.20. The van der Waals surface area contributed by atoms with Gasteiger partial charge in [0, 0.05) is 13.0 Å². The lowest BCUT2D eigenvalue weighted by Gasteiger charge is -2.19. The first-order chi connectivity index (χ1) is 8.57. The van der Waals surface area contributed by atoms with E-state index >= 15 is 0 Å². The maximum absolute atomic E-state index is 11.9. The van der Waals surface area contributed by atoms with Gasteiger partial charge in [0.1, 0.15) is 5.82 Å². The monoisotopic (exact) mass is 250 g/mol. The van der Waals surface area contributed by atoms with Crippen molar-refractivity contribution in [1.82, 2.24) is 20.5 Å². The van der Waals surface area contributed by atoms with Crippen LogP contribution in [0.25, 0.3) is 0 Å². The average molecular weight is 250 g/mol. The molecule has 1 aromatic heterocycles. The summed E-state index contributed by atoms with van der Waals surface area (Å²) in [7, 11) is 0. The molecule has 1 aromatic rings. The molecule has 2 N–H and O–H groups in total. The highest BCUT2D eigenvalue weighted by atomic mass is 16.2. The Kier molecular flexibility index (Phi) is 3.68. The maximum Gasteiger partial charge on any atom is 0.290 e. The van der Waals surface area contributed by atoms with Crippen LogP contribution in [0.3, 0.4) is 0 Å². The minimum Gasteiger partial charge on any atom is -0.349 e. The van der Waals surface area contributed by atoms with E-state index in [2.05, 4.69) is 41.3 Å². The zero-order valence-corrected chi connectivity index (χ0v) is 11.4. The van der Waals surface area contributed by atoms with Crippen molar-refractivity contribution in [2.75, 3.05) is 6.54 Å². The lowest BCUT2D eigenvalue weighted by molar-refractivity contribution is 0.0929. The van der Waals surface area contributed by atoms with Crippen LogP contribution in [0.4, 0.5) is 0 Å². The first-order valence-corrected chi connectivity index (χ1v) is 6.77. The van der Waals surface area contributed by atoms with Crippen molar-refractivity contribution < 1.29 is 4.79 Å². The number of aryl methyl sites for hydroxylation is 1. The molecule has 18 heavy (non-hydrogen) atoms. The SMILES string of the molecule is CCCc1nc(C(=O)NCC2(C(C)C)CC2)n[nH]1. The summed E-state index contributed by atoms with van der Waals surface area (Å²) in [6.07, 6.45) is 4.24. The number of amides is 1. The summed E-state index contributed by atoms with van der Waals surface area (Å²) in [5.74, 6) is 1.49. The Balaban J connectivity index is 1.87. The van der Waals surface area contributed by atoms with E-state index in [-0.39, 0.29) is 11.7 Å². The molecule has 0 aliphatic heterocycles. The molecule has 5 nitrogen and oxygen atoms in total. The quantitative estimate of drug-likeness (QED) is 0.810. The molecule has 0 bridgehead atoms. The molecule has 0 unspecified atom stereocenters. The Morgan fingerprint density at radius 1 is 1.50 bits per heavy atom. The van der Waals surface area contributed by atoms with Crippen LogP contribution in [0, 0.1) is 11.3 Å². The molecular formula is C13H22N4O. The van der Waals surface area contributed by atoms with E-state index in [1.54, 1.807) is 0 Å². The van der Waals surface area contributed by atoms with E-state index in [1.165, 1.54) is 12.8 Å². The molecule has 0 saturated heterocycles. The van der Waals surface area contributed by atoms with Crippen molar-refractivity contribution in [3.8, 4) is 0 Å². The maximum atomic E-state index is 11.9. The third kappa shape index (κ3) is 2.71. The van der Waals surface area contributed by atoms with Gasteiger partial charge in [0.15, 0.2) is 0 Å². The summed E-state index contributed by atoms with van der Waals surface area (Å²) in [6, 6.07) is 0. The Morgan fingerprint density at radius 2 is 2.22 bits per heavy atom. The predicted octanol–water partition coefficient (Wildman–Crippen LogP) is 1.92. The zero-order valence-electron chi connectivity index (χ0n) is 11.4. The van der Waals surface area contributed by atoms with Gasteiger partial charge in [-0.15, -0.1) is 5.10 Å². The Bertz CT molecular complexity index is 420. The number of H-pyrrole nitrogens is 1. The first kappa shape index (κ1) is 13.1. The van der Waals surface area contributed by atoms with Crippen LogP contribution in [0.15, 0.2) is 0 Å². The Morgan fingerprint density at radius 3 is 2.78 bits per heavy atom. The average Bonchev–Trinajstić information content (AvgIpc) is 3.00. The fourth-order valence-electron chi connectivity index (χ4n) is 2.20. The fraction of sp³-hybridized carbons (Fsp3) is 0.769. The van der Waals surface area contributed by atoms with Crippen LogP contribution in [0.2, 0.25) is 0 Å².